The van der Waals surface area contributed by atoms with Crippen LogP contribution in [0.2, 0.25) is 0 Å². The molecular formula is C28H39IN4O2S. The number of piperazine rings is 1. The number of aromatic nitrogens is 1. The second-order valence-corrected chi connectivity index (χ2v) is 11.7. The van der Waals surface area contributed by atoms with Gasteiger partial charge in [-0.15, -0.1) is 0 Å². The van der Waals surface area contributed by atoms with Gasteiger partial charge >= 0.3 is 6.09 Å². The molecule has 0 atom stereocenters. The zero-order chi connectivity index (χ0) is 25.3. The Morgan fingerprint density at radius 1 is 1.03 bits per heavy atom. The summed E-state index contributed by atoms with van der Waals surface area (Å²) in [6.07, 6.45) is 2.16. The Morgan fingerprint density at radius 3 is 2.25 bits per heavy atom. The van der Waals surface area contributed by atoms with E-state index in [4.69, 9.17) is 9.72 Å². The lowest BCUT2D eigenvalue weighted by molar-refractivity contribution is -0.0000506. The van der Waals surface area contributed by atoms with E-state index < -0.39 is 5.60 Å². The van der Waals surface area contributed by atoms with Crippen molar-refractivity contribution in [3.63, 3.8) is 0 Å². The minimum atomic E-state index is -0.468. The summed E-state index contributed by atoms with van der Waals surface area (Å²) >= 11 is 1.82. The lowest BCUT2D eigenvalue weighted by Gasteiger charge is -2.36. The van der Waals surface area contributed by atoms with Gasteiger partial charge in [0.1, 0.15) is 16.6 Å². The molecule has 0 spiro atoms. The second-order valence-electron chi connectivity index (χ2n) is 10.7. The summed E-state index contributed by atoms with van der Waals surface area (Å²) in [6.45, 7) is 16.2. The van der Waals surface area contributed by atoms with Gasteiger partial charge in [-0.3, -0.25) is 0 Å². The van der Waals surface area contributed by atoms with Gasteiger partial charge in [-0.25, -0.2) is 9.78 Å². The quantitative estimate of drug-likeness (QED) is 0.247. The molecule has 2 aromatic carbocycles. The molecule has 0 radical (unpaired) electrons. The predicted octanol–water partition coefficient (Wildman–Crippen LogP) is 3.64. The number of hydrogen-bond acceptors (Lipinski definition) is 5. The van der Waals surface area contributed by atoms with E-state index in [1.54, 1.807) is 0 Å². The largest absolute Gasteiger partial charge is 1.00 e. The van der Waals surface area contributed by atoms with E-state index in [-0.39, 0.29) is 30.1 Å². The molecule has 4 rings (SSSR count). The van der Waals surface area contributed by atoms with Gasteiger partial charge in [-0.2, -0.15) is 0 Å². The van der Waals surface area contributed by atoms with Crippen LogP contribution in [0.15, 0.2) is 24.3 Å². The smallest absolute Gasteiger partial charge is 0.410 e. The van der Waals surface area contributed by atoms with Crippen molar-refractivity contribution in [3.8, 4) is 0 Å². The van der Waals surface area contributed by atoms with Gasteiger partial charge in [0.2, 0.25) is 11.3 Å². The monoisotopic (exact) mass is 622 g/mol. The van der Waals surface area contributed by atoms with Gasteiger partial charge in [-0.1, -0.05) is 13.3 Å². The normalized spacial score (nSPS) is 14.2. The molecule has 2 heterocycles. The zero-order valence-electron chi connectivity index (χ0n) is 22.7. The number of benzene rings is 2. The average molecular weight is 623 g/mol. The summed E-state index contributed by atoms with van der Waals surface area (Å²) in [5.74, 6) is 0. The summed E-state index contributed by atoms with van der Waals surface area (Å²) < 4.78 is 7.98. The molecule has 196 valence electrons. The maximum Gasteiger partial charge on any atom is 0.410 e. The van der Waals surface area contributed by atoms with Crippen molar-refractivity contribution in [2.24, 2.45) is 0 Å². The van der Waals surface area contributed by atoms with E-state index in [0.717, 1.165) is 30.7 Å². The van der Waals surface area contributed by atoms with E-state index >= 15 is 0 Å². The molecule has 0 bridgehead atoms. The van der Waals surface area contributed by atoms with Crippen molar-refractivity contribution >= 4 is 49.2 Å². The number of unbranched alkanes of at least 4 members (excludes halogenated alkanes) is 1. The van der Waals surface area contributed by atoms with Gasteiger partial charge in [-0.05, 0) is 64.3 Å². The molecule has 6 nitrogen and oxygen atoms in total. The van der Waals surface area contributed by atoms with Crippen LogP contribution >= 0.6 is 11.3 Å². The standard InChI is InChI=1S/C28H39N4O2S.HI/c1-8-9-10-30(7)21-15-19(2)25-23(17-21)35-24-18-22(16-20(3)26(24)29-25)31-11-13-32(14-12-31)27(33)34-28(4,5)6;/h15-18H,8-14H2,1-7H3;1H/q+1;/p-1. The first kappa shape index (κ1) is 28.6. The van der Waals surface area contributed by atoms with E-state index in [1.807, 2.05) is 37.0 Å². The van der Waals surface area contributed by atoms with Crippen molar-refractivity contribution in [1.29, 1.82) is 0 Å². The first-order valence-corrected chi connectivity index (χ1v) is 13.5. The number of halogens is 1. The molecule has 3 aromatic rings. The van der Waals surface area contributed by atoms with Crippen molar-refractivity contribution < 1.29 is 33.5 Å². The first-order valence-electron chi connectivity index (χ1n) is 12.7. The Bertz CT molecular complexity index is 1240. The minimum absolute atomic E-state index is 0. The molecule has 0 aliphatic carbocycles. The summed E-state index contributed by atoms with van der Waals surface area (Å²) in [7, 11) is 2.18. The van der Waals surface area contributed by atoms with E-state index in [2.05, 4.69) is 61.9 Å². The maximum atomic E-state index is 12.4. The van der Waals surface area contributed by atoms with Crippen LogP contribution in [-0.4, -0.2) is 61.3 Å². The molecule has 1 aromatic heterocycles. The predicted molar refractivity (Wildman–Crippen MR) is 149 cm³/mol. The Labute approximate surface area is 236 Å². The van der Waals surface area contributed by atoms with E-state index in [1.165, 1.54) is 44.7 Å². The van der Waals surface area contributed by atoms with Crippen LogP contribution in [0.5, 0.6) is 0 Å². The summed E-state index contributed by atoms with van der Waals surface area (Å²) in [4.78, 5) is 24.1. The number of hydrogen-bond donors (Lipinski definition) is 0. The van der Waals surface area contributed by atoms with Crippen molar-refractivity contribution in [2.75, 3.05) is 49.6 Å². The molecule has 0 N–H and O–H groups in total. The van der Waals surface area contributed by atoms with Gasteiger partial charge in [0.15, 0.2) is 0 Å². The molecular weight excluding hydrogens is 583 g/mol. The van der Waals surface area contributed by atoms with E-state index in [0.29, 0.717) is 13.1 Å². The molecule has 8 heteroatoms. The van der Waals surface area contributed by atoms with Gasteiger partial charge < -0.3 is 43.4 Å². The summed E-state index contributed by atoms with van der Waals surface area (Å²) in [6, 6.07) is 9.05. The maximum absolute atomic E-state index is 12.4. The minimum Gasteiger partial charge on any atom is -1.00 e. The number of rotatable bonds is 5. The number of nitrogens with zero attached hydrogens (tertiary/aromatic N) is 4. The average Bonchev–Trinajstić information content (AvgIpc) is 2.80. The Balaban J connectivity index is 0.00000361. The van der Waals surface area contributed by atoms with E-state index in [9.17, 15) is 4.79 Å². The first-order chi connectivity index (χ1) is 16.6. The Kier molecular flexibility index (Phi) is 9.25. The highest BCUT2D eigenvalue weighted by molar-refractivity contribution is 7.24. The van der Waals surface area contributed by atoms with Crippen LogP contribution in [0.1, 0.15) is 51.7 Å². The fraction of sp³-hybridized carbons (Fsp3) is 0.536. The van der Waals surface area contributed by atoms with Crippen molar-refractivity contribution in [2.45, 2.75) is 60.0 Å². The lowest BCUT2D eigenvalue weighted by Crippen LogP contribution is -3.00. The summed E-state index contributed by atoms with van der Waals surface area (Å²) in [5, 5.41) is 0. The fourth-order valence-electron chi connectivity index (χ4n) is 4.53. The topological polar surface area (TPSA) is 48.9 Å². The zero-order valence-corrected chi connectivity index (χ0v) is 25.6. The number of anilines is 2. The lowest BCUT2D eigenvalue weighted by atomic mass is 10.1. The third kappa shape index (κ3) is 6.49. The number of fused-ring (bicyclic) bond motifs is 2. The van der Waals surface area contributed by atoms with Gasteiger partial charge in [0.25, 0.3) is 9.40 Å². The molecule has 1 amide bonds. The number of ether oxygens (including phenoxy) is 1. The fourth-order valence-corrected chi connectivity index (χ4v) is 5.73. The third-order valence-corrected chi connectivity index (χ3v) is 7.59. The van der Waals surface area contributed by atoms with Crippen LogP contribution in [0.25, 0.3) is 20.4 Å². The number of carbonyl (C=O) groups excluding carboxylic acids is 1. The van der Waals surface area contributed by atoms with Gasteiger partial charge in [0, 0.05) is 63.3 Å². The second kappa shape index (κ2) is 11.6. The number of aryl methyl sites for hydroxylation is 2. The van der Waals surface area contributed by atoms with Crippen LogP contribution < -0.4 is 33.8 Å². The number of carbonyl (C=O) groups is 1. The molecule has 36 heavy (non-hydrogen) atoms. The van der Waals surface area contributed by atoms with Gasteiger partial charge in [0.05, 0.1) is 0 Å². The van der Waals surface area contributed by atoms with Crippen molar-refractivity contribution in [3.05, 3.63) is 35.4 Å². The number of amides is 1. The highest BCUT2D eigenvalue weighted by atomic mass is 127. The highest BCUT2D eigenvalue weighted by Gasteiger charge is 2.27. The molecule has 1 saturated heterocycles. The summed E-state index contributed by atoms with van der Waals surface area (Å²) in [5.41, 5.74) is 6.57. The molecule has 1 fully saturated rings. The molecule has 1 aliphatic rings. The van der Waals surface area contributed by atoms with Crippen LogP contribution in [-0.2, 0) is 4.74 Å². The van der Waals surface area contributed by atoms with Crippen molar-refractivity contribution in [1.82, 2.24) is 9.88 Å². The SMILES string of the molecule is CCCCN(C)c1cc(C)c2nc3c(C)cc(N4CCN(C(=O)OC(C)(C)C)CC4)cc3[s+]c2c1.[I-]. The third-order valence-electron chi connectivity index (χ3n) is 6.53. The van der Waals surface area contributed by atoms with Crippen LogP contribution in [0, 0.1) is 13.8 Å². The molecule has 0 unspecified atom stereocenters. The molecule has 1 aliphatic heterocycles. The Hall–Kier alpha value is -1.94. The Morgan fingerprint density at radius 2 is 1.64 bits per heavy atom. The van der Waals surface area contributed by atoms with Crippen LogP contribution in [0.3, 0.4) is 0 Å². The molecule has 0 saturated carbocycles. The highest BCUT2D eigenvalue weighted by Crippen LogP contribution is 2.35. The van der Waals surface area contributed by atoms with Crippen LogP contribution in [0.4, 0.5) is 16.2 Å².